The SMILES string of the molecule is COC(=O)C(CNCC1CC(O)C1)c1ccccc1. The van der Waals surface area contributed by atoms with Gasteiger partial charge in [0.2, 0.25) is 0 Å². The molecule has 104 valence electrons. The van der Waals surface area contributed by atoms with E-state index in [1.807, 2.05) is 30.3 Å². The van der Waals surface area contributed by atoms with Crippen LogP contribution in [0.1, 0.15) is 24.3 Å². The van der Waals surface area contributed by atoms with Gasteiger partial charge in [0.1, 0.15) is 0 Å². The van der Waals surface area contributed by atoms with Gasteiger partial charge in [-0.15, -0.1) is 0 Å². The fourth-order valence-electron chi connectivity index (χ4n) is 2.46. The first-order valence-corrected chi connectivity index (χ1v) is 6.72. The summed E-state index contributed by atoms with van der Waals surface area (Å²) in [7, 11) is 1.42. The fraction of sp³-hybridized carbons (Fsp3) is 0.533. The third-order valence-electron chi connectivity index (χ3n) is 3.68. The van der Waals surface area contributed by atoms with Crippen LogP contribution in [0.25, 0.3) is 0 Å². The van der Waals surface area contributed by atoms with E-state index in [-0.39, 0.29) is 18.0 Å². The molecule has 4 nitrogen and oxygen atoms in total. The third kappa shape index (κ3) is 3.78. The highest BCUT2D eigenvalue weighted by molar-refractivity contribution is 5.78. The molecule has 1 fully saturated rings. The summed E-state index contributed by atoms with van der Waals surface area (Å²) >= 11 is 0. The number of nitrogens with one attached hydrogen (secondary N) is 1. The Labute approximate surface area is 113 Å². The first kappa shape index (κ1) is 14.0. The molecule has 1 saturated carbocycles. The number of carbonyl (C=O) groups excluding carboxylic acids is 1. The molecule has 0 aromatic heterocycles. The van der Waals surface area contributed by atoms with E-state index in [0.29, 0.717) is 12.5 Å². The van der Waals surface area contributed by atoms with E-state index in [0.717, 1.165) is 24.9 Å². The molecule has 2 rings (SSSR count). The number of hydrogen-bond acceptors (Lipinski definition) is 4. The van der Waals surface area contributed by atoms with Gasteiger partial charge in [-0.25, -0.2) is 0 Å². The number of hydrogen-bond donors (Lipinski definition) is 2. The van der Waals surface area contributed by atoms with Crippen molar-refractivity contribution < 1.29 is 14.6 Å². The van der Waals surface area contributed by atoms with Gasteiger partial charge in [0.25, 0.3) is 0 Å². The van der Waals surface area contributed by atoms with Gasteiger partial charge in [0.05, 0.1) is 19.1 Å². The Kier molecular flexibility index (Phi) is 4.93. The standard InChI is InChI=1S/C15H21NO3/c1-19-15(18)14(12-5-3-2-4-6-12)10-16-9-11-7-13(17)8-11/h2-6,11,13-14,16-17H,7-10H2,1H3. The molecule has 0 spiro atoms. The molecular formula is C15H21NO3. The zero-order chi connectivity index (χ0) is 13.7. The van der Waals surface area contributed by atoms with Crippen molar-refractivity contribution in [1.82, 2.24) is 5.32 Å². The van der Waals surface area contributed by atoms with Gasteiger partial charge in [-0.3, -0.25) is 4.79 Å². The first-order chi connectivity index (χ1) is 9.20. The molecule has 2 N–H and O–H groups in total. The maximum atomic E-state index is 11.8. The van der Waals surface area contributed by atoms with E-state index in [4.69, 9.17) is 4.74 Å². The minimum absolute atomic E-state index is 0.127. The van der Waals surface area contributed by atoms with Crippen LogP contribution in [0, 0.1) is 5.92 Å². The van der Waals surface area contributed by atoms with Crippen molar-refractivity contribution in [3.8, 4) is 0 Å². The molecule has 1 aliphatic rings. The number of aliphatic hydroxyl groups excluding tert-OH is 1. The number of methoxy groups -OCH3 is 1. The zero-order valence-corrected chi connectivity index (χ0v) is 11.2. The largest absolute Gasteiger partial charge is 0.469 e. The second-order valence-corrected chi connectivity index (χ2v) is 5.14. The molecular weight excluding hydrogens is 242 g/mol. The average molecular weight is 263 g/mol. The Bertz CT molecular complexity index is 401. The van der Waals surface area contributed by atoms with Crippen LogP contribution in [0.4, 0.5) is 0 Å². The number of ether oxygens (including phenoxy) is 1. The van der Waals surface area contributed by atoms with E-state index >= 15 is 0 Å². The normalized spacial score (nSPS) is 23.5. The highest BCUT2D eigenvalue weighted by Gasteiger charge is 2.27. The van der Waals surface area contributed by atoms with E-state index in [1.54, 1.807) is 0 Å². The molecule has 1 atom stereocenters. The number of carbonyl (C=O) groups is 1. The van der Waals surface area contributed by atoms with Crippen LogP contribution in [0.2, 0.25) is 0 Å². The molecule has 0 heterocycles. The summed E-state index contributed by atoms with van der Waals surface area (Å²) in [4.78, 5) is 11.8. The Balaban J connectivity index is 1.86. The van der Waals surface area contributed by atoms with E-state index in [9.17, 15) is 9.90 Å². The van der Waals surface area contributed by atoms with Gasteiger partial charge in [0, 0.05) is 6.54 Å². The molecule has 1 aromatic carbocycles. The molecule has 0 amide bonds. The number of rotatable bonds is 6. The highest BCUT2D eigenvalue weighted by Crippen LogP contribution is 2.26. The van der Waals surface area contributed by atoms with Crippen LogP contribution in [0.3, 0.4) is 0 Å². The van der Waals surface area contributed by atoms with Gasteiger partial charge in [-0.05, 0) is 30.9 Å². The van der Waals surface area contributed by atoms with Crippen molar-refractivity contribution in [3.63, 3.8) is 0 Å². The highest BCUT2D eigenvalue weighted by atomic mass is 16.5. The summed E-state index contributed by atoms with van der Waals surface area (Å²) in [6.45, 7) is 1.42. The summed E-state index contributed by atoms with van der Waals surface area (Å²) in [5.74, 6) is 0.0487. The Hall–Kier alpha value is -1.39. The predicted molar refractivity (Wildman–Crippen MR) is 72.8 cm³/mol. The first-order valence-electron chi connectivity index (χ1n) is 6.72. The maximum Gasteiger partial charge on any atom is 0.314 e. The van der Waals surface area contributed by atoms with Crippen molar-refractivity contribution in [2.24, 2.45) is 5.92 Å². The molecule has 0 bridgehead atoms. The summed E-state index contributed by atoms with van der Waals surface area (Å²) < 4.78 is 4.86. The van der Waals surface area contributed by atoms with Crippen LogP contribution < -0.4 is 5.32 Å². The smallest absolute Gasteiger partial charge is 0.314 e. The number of aliphatic hydroxyl groups is 1. The Morgan fingerprint density at radius 1 is 1.42 bits per heavy atom. The second-order valence-electron chi connectivity index (χ2n) is 5.14. The van der Waals surface area contributed by atoms with Gasteiger partial charge in [-0.2, -0.15) is 0 Å². The number of esters is 1. The van der Waals surface area contributed by atoms with Crippen molar-refractivity contribution in [2.45, 2.75) is 24.9 Å². The minimum atomic E-state index is -0.267. The fourth-order valence-corrected chi connectivity index (χ4v) is 2.46. The van der Waals surface area contributed by atoms with Crippen molar-refractivity contribution in [1.29, 1.82) is 0 Å². The topological polar surface area (TPSA) is 58.6 Å². The average Bonchev–Trinajstić information content (AvgIpc) is 2.41. The van der Waals surface area contributed by atoms with Gasteiger partial charge in [0.15, 0.2) is 0 Å². The predicted octanol–water partition coefficient (Wildman–Crippen LogP) is 1.30. The quantitative estimate of drug-likeness (QED) is 0.760. The van der Waals surface area contributed by atoms with Crippen molar-refractivity contribution in [3.05, 3.63) is 35.9 Å². The molecule has 0 aliphatic heterocycles. The Morgan fingerprint density at radius 2 is 2.11 bits per heavy atom. The third-order valence-corrected chi connectivity index (χ3v) is 3.68. The lowest BCUT2D eigenvalue weighted by atomic mass is 9.82. The molecule has 1 unspecified atom stereocenters. The van der Waals surface area contributed by atoms with Gasteiger partial charge < -0.3 is 15.2 Å². The van der Waals surface area contributed by atoms with Gasteiger partial charge >= 0.3 is 5.97 Å². The maximum absolute atomic E-state index is 11.8. The van der Waals surface area contributed by atoms with E-state index in [2.05, 4.69) is 5.32 Å². The molecule has 1 aromatic rings. The lowest BCUT2D eigenvalue weighted by Crippen LogP contribution is -2.38. The summed E-state index contributed by atoms with van der Waals surface area (Å²) in [6, 6.07) is 9.66. The Morgan fingerprint density at radius 3 is 2.68 bits per heavy atom. The van der Waals surface area contributed by atoms with Crippen LogP contribution >= 0.6 is 0 Å². The van der Waals surface area contributed by atoms with Crippen molar-refractivity contribution in [2.75, 3.05) is 20.2 Å². The van der Waals surface area contributed by atoms with Gasteiger partial charge in [-0.1, -0.05) is 30.3 Å². The molecule has 19 heavy (non-hydrogen) atoms. The lowest BCUT2D eigenvalue weighted by molar-refractivity contribution is -0.142. The molecule has 4 heteroatoms. The summed E-state index contributed by atoms with van der Waals surface area (Å²) in [6.07, 6.45) is 1.60. The minimum Gasteiger partial charge on any atom is -0.469 e. The van der Waals surface area contributed by atoms with E-state index in [1.165, 1.54) is 7.11 Å². The molecule has 1 aliphatic carbocycles. The van der Waals surface area contributed by atoms with Crippen LogP contribution in [0.5, 0.6) is 0 Å². The molecule has 0 saturated heterocycles. The van der Waals surface area contributed by atoms with Crippen molar-refractivity contribution >= 4 is 5.97 Å². The number of benzene rings is 1. The summed E-state index contributed by atoms with van der Waals surface area (Å²) in [5.41, 5.74) is 0.968. The zero-order valence-electron chi connectivity index (χ0n) is 11.2. The van der Waals surface area contributed by atoms with Crippen LogP contribution in [-0.4, -0.2) is 37.4 Å². The monoisotopic (exact) mass is 263 g/mol. The lowest BCUT2D eigenvalue weighted by Gasteiger charge is -2.31. The summed E-state index contributed by atoms with van der Waals surface area (Å²) in [5, 5.41) is 12.5. The van der Waals surface area contributed by atoms with Crippen LogP contribution in [-0.2, 0) is 9.53 Å². The molecule has 0 radical (unpaired) electrons. The van der Waals surface area contributed by atoms with Crippen LogP contribution in [0.15, 0.2) is 30.3 Å². The van der Waals surface area contributed by atoms with E-state index < -0.39 is 0 Å². The second kappa shape index (κ2) is 6.68.